The van der Waals surface area contributed by atoms with Gasteiger partial charge in [-0.1, -0.05) is 47.8 Å². The zero-order valence-corrected chi connectivity index (χ0v) is 21.6. The largest absolute Gasteiger partial charge is 0.355 e. The van der Waals surface area contributed by atoms with Crippen LogP contribution in [0.1, 0.15) is 25.8 Å². The standard InChI is InChI=1S/C22H26Cl3N3O4S/c1-4-20(22(30)26-5-2)27(13-17-18(24)7-6-8-19(17)25)21(29)14-28(33(3,31)32)16-11-9-15(23)10-12-16/h6-12,20H,4-5,13-14H2,1-3H3,(H,26,30)/t20-/m0/s1. The molecule has 2 rings (SSSR count). The van der Waals surface area contributed by atoms with Gasteiger partial charge in [0.15, 0.2) is 0 Å². The number of carbonyl (C=O) groups is 2. The molecule has 0 saturated carbocycles. The summed E-state index contributed by atoms with van der Waals surface area (Å²) in [7, 11) is -3.82. The highest BCUT2D eigenvalue weighted by Crippen LogP contribution is 2.28. The van der Waals surface area contributed by atoms with Crippen LogP contribution in [0.5, 0.6) is 0 Å². The summed E-state index contributed by atoms with van der Waals surface area (Å²) in [6.45, 7) is 3.34. The van der Waals surface area contributed by atoms with E-state index in [0.717, 1.165) is 10.6 Å². The second-order valence-electron chi connectivity index (χ2n) is 7.29. The van der Waals surface area contributed by atoms with Crippen molar-refractivity contribution in [3.8, 4) is 0 Å². The molecule has 2 aromatic carbocycles. The van der Waals surface area contributed by atoms with Crippen LogP contribution in [0.4, 0.5) is 5.69 Å². The Hall–Kier alpha value is -2.00. The van der Waals surface area contributed by atoms with Crippen LogP contribution in [0.2, 0.25) is 15.1 Å². The molecule has 0 unspecified atom stereocenters. The Kier molecular flexibility index (Phi) is 9.84. The molecule has 11 heteroatoms. The molecule has 0 aliphatic carbocycles. The lowest BCUT2D eigenvalue weighted by Gasteiger charge is -2.33. The van der Waals surface area contributed by atoms with E-state index >= 15 is 0 Å². The first-order valence-corrected chi connectivity index (χ1v) is 13.2. The molecule has 0 heterocycles. The molecular weight excluding hydrogens is 509 g/mol. The number of likely N-dealkylation sites (N-methyl/N-ethyl adjacent to an activating group) is 1. The van der Waals surface area contributed by atoms with Gasteiger partial charge in [0.1, 0.15) is 12.6 Å². The third-order valence-corrected chi connectivity index (χ3v) is 7.02. The van der Waals surface area contributed by atoms with E-state index < -0.39 is 28.5 Å². The Morgan fingerprint density at radius 3 is 2.06 bits per heavy atom. The van der Waals surface area contributed by atoms with E-state index in [9.17, 15) is 18.0 Å². The van der Waals surface area contributed by atoms with Crippen molar-refractivity contribution in [2.24, 2.45) is 0 Å². The molecule has 1 atom stereocenters. The zero-order valence-electron chi connectivity index (χ0n) is 18.5. The molecule has 0 aromatic heterocycles. The van der Waals surface area contributed by atoms with Crippen molar-refractivity contribution < 1.29 is 18.0 Å². The van der Waals surface area contributed by atoms with Crippen LogP contribution in [0.25, 0.3) is 0 Å². The van der Waals surface area contributed by atoms with Gasteiger partial charge in [-0.3, -0.25) is 13.9 Å². The van der Waals surface area contributed by atoms with E-state index in [1.807, 2.05) is 0 Å². The van der Waals surface area contributed by atoms with E-state index in [1.54, 1.807) is 32.0 Å². The first-order chi connectivity index (χ1) is 15.5. The van der Waals surface area contributed by atoms with Crippen LogP contribution >= 0.6 is 34.8 Å². The third kappa shape index (κ3) is 7.24. The summed E-state index contributed by atoms with van der Waals surface area (Å²) in [5.74, 6) is -0.932. The highest BCUT2D eigenvalue weighted by Gasteiger charge is 2.32. The average Bonchev–Trinajstić information content (AvgIpc) is 2.74. The maximum absolute atomic E-state index is 13.5. The van der Waals surface area contributed by atoms with Crippen molar-refractivity contribution in [1.29, 1.82) is 0 Å². The van der Waals surface area contributed by atoms with E-state index in [2.05, 4.69) is 5.32 Å². The van der Waals surface area contributed by atoms with Crippen molar-refractivity contribution in [2.45, 2.75) is 32.9 Å². The number of halogens is 3. The molecule has 0 bridgehead atoms. The first kappa shape index (κ1) is 27.2. The van der Waals surface area contributed by atoms with Crippen LogP contribution in [0.3, 0.4) is 0 Å². The molecule has 1 N–H and O–H groups in total. The smallest absolute Gasteiger partial charge is 0.244 e. The van der Waals surface area contributed by atoms with Crippen molar-refractivity contribution in [3.05, 3.63) is 63.1 Å². The molecule has 33 heavy (non-hydrogen) atoms. The van der Waals surface area contributed by atoms with Gasteiger partial charge in [-0.2, -0.15) is 0 Å². The van der Waals surface area contributed by atoms with Gasteiger partial charge in [0, 0.05) is 33.7 Å². The monoisotopic (exact) mass is 533 g/mol. The van der Waals surface area contributed by atoms with E-state index in [0.29, 0.717) is 33.6 Å². The summed E-state index contributed by atoms with van der Waals surface area (Å²) in [4.78, 5) is 27.6. The van der Waals surface area contributed by atoms with Gasteiger partial charge in [-0.15, -0.1) is 0 Å². The minimum absolute atomic E-state index is 0.0643. The minimum Gasteiger partial charge on any atom is -0.355 e. The summed E-state index contributed by atoms with van der Waals surface area (Å²) >= 11 is 18.5. The fourth-order valence-corrected chi connectivity index (χ4v) is 4.78. The summed E-state index contributed by atoms with van der Waals surface area (Å²) < 4.78 is 26.0. The van der Waals surface area contributed by atoms with E-state index in [-0.39, 0.29) is 18.1 Å². The number of rotatable bonds is 10. The maximum atomic E-state index is 13.5. The SMILES string of the molecule is CCNC(=O)[C@H](CC)N(Cc1c(Cl)cccc1Cl)C(=O)CN(c1ccc(Cl)cc1)S(C)(=O)=O. The number of nitrogens with one attached hydrogen (secondary N) is 1. The second-order valence-corrected chi connectivity index (χ2v) is 10.4. The molecule has 0 aliphatic heterocycles. The van der Waals surface area contributed by atoms with Gasteiger partial charge in [0.05, 0.1) is 11.9 Å². The van der Waals surface area contributed by atoms with E-state index in [4.69, 9.17) is 34.8 Å². The Bertz CT molecular complexity index is 1070. The van der Waals surface area contributed by atoms with Gasteiger partial charge >= 0.3 is 0 Å². The van der Waals surface area contributed by atoms with Crippen molar-refractivity contribution in [2.75, 3.05) is 23.7 Å². The van der Waals surface area contributed by atoms with Crippen LogP contribution in [0, 0.1) is 0 Å². The molecule has 2 aromatic rings. The number of benzene rings is 2. The number of sulfonamides is 1. The molecular formula is C22H26Cl3N3O4S. The number of hydrogen-bond donors (Lipinski definition) is 1. The predicted octanol–water partition coefficient (Wildman–Crippen LogP) is 4.36. The number of carbonyl (C=O) groups excluding carboxylic acids is 2. The highest BCUT2D eigenvalue weighted by molar-refractivity contribution is 7.92. The average molecular weight is 535 g/mol. The summed E-state index contributed by atoms with van der Waals surface area (Å²) in [5, 5.41) is 3.82. The highest BCUT2D eigenvalue weighted by atomic mass is 35.5. The molecule has 180 valence electrons. The number of nitrogens with zero attached hydrogens (tertiary/aromatic N) is 2. The molecule has 0 fully saturated rings. The van der Waals surface area contributed by atoms with Crippen LogP contribution < -0.4 is 9.62 Å². The lowest BCUT2D eigenvalue weighted by atomic mass is 10.1. The molecule has 2 amide bonds. The normalized spacial score (nSPS) is 12.2. The topological polar surface area (TPSA) is 86.8 Å². The van der Waals surface area contributed by atoms with Gasteiger partial charge in [0.2, 0.25) is 21.8 Å². The summed E-state index contributed by atoms with van der Waals surface area (Å²) in [6.07, 6.45) is 1.31. The predicted molar refractivity (Wildman–Crippen MR) is 133 cm³/mol. The lowest BCUT2D eigenvalue weighted by molar-refractivity contribution is -0.140. The van der Waals surface area contributed by atoms with Crippen LogP contribution in [-0.2, 0) is 26.2 Å². The van der Waals surface area contributed by atoms with Gasteiger partial charge in [-0.05, 0) is 49.7 Å². The van der Waals surface area contributed by atoms with Gasteiger partial charge in [0.25, 0.3) is 0 Å². The minimum atomic E-state index is -3.82. The number of amides is 2. The molecule has 0 aliphatic rings. The summed E-state index contributed by atoms with van der Waals surface area (Å²) in [5.41, 5.74) is 0.742. The van der Waals surface area contributed by atoms with Crippen molar-refractivity contribution in [3.63, 3.8) is 0 Å². The number of hydrogen-bond acceptors (Lipinski definition) is 4. The van der Waals surface area contributed by atoms with E-state index in [1.165, 1.54) is 29.2 Å². The number of anilines is 1. The Morgan fingerprint density at radius 2 is 1.58 bits per heavy atom. The van der Waals surface area contributed by atoms with Crippen LogP contribution in [-0.4, -0.2) is 50.5 Å². The second kappa shape index (κ2) is 11.9. The fraction of sp³-hybridized carbons (Fsp3) is 0.364. The van der Waals surface area contributed by atoms with Crippen molar-refractivity contribution in [1.82, 2.24) is 10.2 Å². The van der Waals surface area contributed by atoms with Gasteiger partial charge < -0.3 is 10.2 Å². The summed E-state index contributed by atoms with van der Waals surface area (Å²) in [6, 6.07) is 10.2. The first-order valence-electron chi connectivity index (χ1n) is 10.2. The molecule has 0 saturated heterocycles. The van der Waals surface area contributed by atoms with Crippen molar-refractivity contribution >= 4 is 62.3 Å². The Morgan fingerprint density at radius 1 is 1.00 bits per heavy atom. The maximum Gasteiger partial charge on any atom is 0.244 e. The van der Waals surface area contributed by atoms with Crippen LogP contribution in [0.15, 0.2) is 42.5 Å². The lowest BCUT2D eigenvalue weighted by Crippen LogP contribution is -2.52. The Labute approximate surface area is 209 Å². The third-order valence-electron chi connectivity index (χ3n) is 4.92. The Balaban J connectivity index is 2.48. The zero-order chi connectivity index (χ0) is 24.8. The molecule has 0 spiro atoms. The molecule has 0 radical (unpaired) electrons. The molecule has 7 nitrogen and oxygen atoms in total. The fourth-order valence-electron chi connectivity index (χ4n) is 3.29. The quantitative estimate of drug-likeness (QED) is 0.491. The van der Waals surface area contributed by atoms with Gasteiger partial charge in [-0.25, -0.2) is 8.42 Å².